The molecule has 2 rings (SSSR count). The Kier molecular flexibility index (Phi) is 3.69. The van der Waals surface area contributed by atoms with Crippen LogP contribution in [0.15, 0.2) is 12.1 Å². The second kappa shape index (κ2) is 5.04. The van der Waals surface area contributed by atoms with Gasteiger partial charge in [0.25, 0.3) is 0 Å². The number of nitrogens with one attached hydrogen (secondary N) is 1. The molecule has 1 saturated heterocycles. The van der Waals surface area contributed by atoms with Crippen molar-refractivity contribution >= 4 is 11.6 Å². The highest BCUT2D eigenvalue weighted by atomic mass is 35.5. The molecule has 1 aliphatic rings. The highest BCUT2D eigenvalue weighted by Crippen LogP contribution is 2.31. The average Bonchev–Trinajstić information content (AvgIpc) is 2.33. The van der Waals surface area contributed by atoms with Crippen molar-refractivity contribution < 1.29 is 9.47 Å². The van der Waals surface area contributed by atoms with E-state index in [9.17, 15) is 0 Å². The van der Waals surface area contributed by atoms with Crippen LogP contribution in [0.3, 0.4) is 0 Å². The zero-order valence-corrected chi connectivity index (χ0v) is 10.3. The van der Waals surface area contributed by atoms with Crippen LogP contribution in [0, 0.1) is 6.92 Å². The van der Waals surface area contributed by atoms with E-state index < -0.39 is 0 Å². The summed E-state index contributed by atoms with van der Waals surface area (Å²) in [7, 11) is 1.68. The van der Waals surface area contributed by atoms with Gasteiger partial charge in [0.1, 0.15) is 5.75 Å². The van der Waals surface area contributed by atoms with E-state index in [1.807, 2.05) is 19.1 Å². The van der Waals surface area contributed by atoms with Gasteiger partial charge in [-0.1, -0.05) is 11.6 Å². The fourth-order valence-electron chi connectivity index (χ4n) is 1.88. The molecule has 1 aromatic carbocycles. The minimum atomic E-state index is 0.168. The quantitative estimate of drug-likeness (QED) is 0.862. The van der Waals surface area contributed by atoms with Gasteiger partial charge in [0.2, 0.25) is 0 Å². The number of ether oxygens (including phenoxy) is 2. The molecule has 1 fully saturated rings. The van der Waals surface area contributed by atoms with Crippen molar-refractivity contribution in [3.8, 4) is 5.75 Å². The van der Waals surface area contributed by atoms with Gasteiger partial charge in [0, 0.05) is 17.1 Å². The Labute approximate surface area is 101 Å². The van der Waals surface area contributed by atoms with E-state index in [1.165, 1.54) is 0 Å². The van der Waals surface area contributed by atoms with Crippen LogP contribution in [0.1, 0.15) is 17.2 Å². The first kappa shape index (κ1) is 11.7. The fourth-order valence-corrected chi connectivity index (χ4v) is 2.06. The third-order valence-electron chi connectivity index (χ3n) is 2.81. The molecule has 0 spiro atoms. The lowest BCUT2D eigenvalue weighted by Crippen LogP contribution is -2.34. The fraction of sp³-hybridized carbons (Fsp3) is 0.500. The first-order valence-corrected chi connectivity index (χ1v) is 5.75. The zero-order chi connectivity index (χ0) is 11.5. The molecule has 0 bridgehead atoms. The maximum atomic E-state index is 6.14. The Balaban J connectivity index is 2.33. The highest BCUT2D eigenvalue weighted by molar-refractivity contribution is 6.31. The van der Waals surface area contributed by atoms with Crippen LogP contribution in [0.5, 0.6) is 5.75 Å². The number of hydrogen-bond acceptors (Lipinski definition) is 3. The van der Waals surface area contributed by atoms with Crippen molar-refractivity contribution in [1.29, 1.82) is 0 Å². The van der Waals surface area contributed by atoms with E-state index in [0.717, 1.165) is 35.1 Å². The van der Waals surface area contributed by atoms with Crippen LogP contribution in [-0.2, 0) is 4.74 Å². The standard InChI is InChI=1S/C12H16ClNO2/c1-8-5-12(15-2)9(6-10(8)13)11-7-16-4-3-14-11/h5-6,11,14H,3-4,7H2,1-2H3. The van der Waals surface area contributed by atoms with Gasteiger partial charge < -0.3 is 14.8 Å². The molecule has 16 heavy (non-hydrogen) atoms. The number of aryl methyl sites for hydroxylation is 1. The summed E-state index contributed by atoms with van der Waals surface area (Å²) in [6, 6.07) is 4.09. The molecule has 0 aliphatic carbocycles. The summed E-state index contributed by atoms with van der Waals surface area (Å²) in [5.41, 5.74) is 2.09. The predicted octanol–water partition coefficient (Wildman–Crippen LogP) is 2.32. The van der Waals surface area contributed by atoms with Crippen LogP contribution < -0.4 is 10.1 Å². The topological polar surface area (TPSA) is 30.5 Å². The monoisotopic (exact) mass is 241 g/mol. The van der Waals surface area contributed by atoms with E-state index in [-0.39, 0.29) is 6.04 Å². The van der Waals surface area contributed by atoms with Crippen LogP contribution in [0.4, 0.5) is 0 Å². The summed E-state index contributed by atoms with van der Waals surface area (Å²) in [4.78, 5) is 0. The third-order valence-corrected chi connectivity index (χ3v) is 3.22. The van der Waals surface area contributed by atoms with Crippen LogP contribution in [0.2, 0.25) is 5.02 Å². The molecule has 0 radical (unpaired) electrons. The van der Waals surface area contributed by atoms with Gasteiger partial charge in [0.15, 0.2) is 0 Å². The largest absolute Gasteiger partial charge is 0.496 e. The number of methoxy groups -OCH3 is 1. The molecule has 4 heteroatoms. The van der Waals surface area contributed by atoms with Crippen molar-refractivity contribution in [2.24, 2.45) is 0 Å². The van der Waals surface area contributed by atoms with Crippen LogP contribution >= 0.6 is 11.6 Å². The number of morpholine rings is 1. The number of benzene rings is 1. The second-order valence-corrected chi connectivity index (χ2v) is 4.33. The normalized spacial score (nSPS) is 20.8. The van der Waals surface area contributed by atoms with Gasteiger partial charge in [-0.2, -0.15) is 0 Å². The van der Waals surface area contributed by atoms with E-state index in [0.29, 0.717) is 6.61 Å². The third kappa shape index (κ3) is 2.32. The maximum Gasteiger partial charge on any atom is 0.124 e. The van der Waals surface area contributed by atoms with E-state index >= 15 is 0 Å². The van der Waals surface area contributed by atoms with Crippen molar-refractivity contribution in [2.45, 2.75) is 13.0 Å². The molecular formula is C12H16ClNO2. The molecule has 3 nitrogen and oxygen atoms in total. The smallest absolute Gasteiger partial charge is 0.124 e. The maximum absolute atomic E-state index is 6.14. The van der Waals surface area contributed by atoms with Crippen molar-refractivity contribution in [3.05, 3.63) is 28.3 Å². The highest BCUT2D eigenvalue weighted by Gasteiger charge is 2.20. The molecule has 1 aliphatic heterocycles. The first-order valence-electron chi connectivity index (χ1n) is 5.37. The molecular weight excluding hydrogens is 226 g/mol. The zero-order valence-electron chi connectivity index (χ0n) is 9.55. The van der Waals surface area contributed by atoms with Gasteiger partial charge in [-0.3, -0.25) is 0 Å². The summed E-state index contributed by atoms with van der Waals surface area (Å²) in [5, 5.41) is 4.16. The lowest BCUT2D eigenvalue weighted by atomic mass is 10.0. The van der Waals surface area contributed by atoms with E-state index in [2.05, 4.69) is 5.32 Å². The van der Waals surface area contributed by atoms with Crippen molar-refractivity contribution in [1.82, 2.24) is 5.32 Å². The molecule has 0 amide bonds. The molecule has 1 atom stereocenters. The van der Waals surface area contributed by atoms with E-state index in [4.69, 9.17) is 21.1 Å². The Morgan fingerprint density at radius 3 is 2.94 bits per heavy atom. The van der Waals surface area contributed by atoms with Crippen molar-refractivity contribution in [3.63, 3.8) is 0 Å². The minimum absolute atomic E-state index is 0.168. The summed E-state index contributed by atoms with van der Waals surface area (Å²) >= 11 is 6.14. The summed E-state index contributed by atoms with van der Waals surface area (Å²) < 4.78 is 10.8. The lowest BCUT2D eigenvalue weighted by Gasteiger charge is -2.26. The predicted molar refractivity (Wildman–Crippen MR) is 64.3 cm³/mol. The molecule has 1 heterocycles. The molecule has 0 saturated carbocycles. The summed E-state index contributed by atoms with van der Waals surface area (Å²) in [5.74, 6) is 0.866. The molecule has 1 unspecified atom stereocenters. The molecule has 1 N–H and O–H groups in total. The Morgan fingerprint density at radius 2 is 2.31 bits per heavy atom. The number of rotatable bonds is 2. The SMILES string of the molecule is COc1cc(C)c(Cl)cc1C1COCCN1. The first-order chi connectivity index (χ1) is 7.72. The minimum Gasteiger partial charge on any atom is -0.496 e. The number of hydrogen-bond donors (Lipinski definition) is 1. The van der Waals surface area contributed by atoms with Gasteiger partial charge in [-0.15, -0.1) is 0 Å². The van der Waals surface area contributed by atoms with Gasteiger partial charge in [-0.05, 0) is 24.6 Å². The second-order valence-electron chi connectivity index (χ2n) is 3.92. The van der Waals surface area contributed by atoms with Crippen LogP contribution in [0.25, 0.3) is 0 Å². The van der Waals surface area contributed by atoms with Crippen LogP contribution in [-0.4, -0.2) is 26.9 Å². The Bertz CT molecular complexity index is 376. The summed E-state index contributed by atoms with van der Waals surface area (Å²) in [6.07, 6.45) is 0. The van der Waals surface area contributed by atoms with Gasteiger partial charge in [-0.25, -0.2) is 0 Å². The van der Waals surface area contributed by atoms with E-state index in [1.54, 1.807) is 7.11 Å². The van der Waals surface area contributed by atoms with Gasteiger partial charge in [0.05, 0.1) is 26.4 Å². The molecule has 1 aromatic rings. The van der Waals surface area contributed by atoms with Gasteiger partial charge >= 0.3 is 0 Å². The summed E-state index contributed by atoms with van der Waals surface area (Å²) in [6.45, 7) is 4.26. The molecule has 0 aromatic heterocycles. The Hall–Kier alpha value is -0.770. The average molecular weight is 242 g/mol. The van der Waals surface area contributed by atoms with Crippen molar-refractivity contribution in [2.75, 3.05) is 26.9 Å². The molecule has 88 valence electrons. The Morgan fingerprint density at radius 1 is 1.50 bits per heavy atom. The lowest BCUT2D eigenvalue weighted by molar-refractivity contribution is 0.0760. The number of halogens is 1.